The molecule has 1 rings (SSSR count). The molecule has 0 aliphatic rings. The second-order valence-electron chi connectivity index (χ2n) is 4.41. The number of anilines is 1. The van der Waals surface area contributed by atoms with Crippen LogP contribution in [0.5, 0.6) is 0 Å². The molecule has 2 amide bonds. The molecule has 0 fully saturated rings. The Morgan fingerprint density at radius 2 is 2.05 bits per heavy atom. The maximum atomic E-state index is 13.0. The minimum atomic E-state index is -0.862. The molecule has 1 unspecified atom stereocenters. The van der Waals surface area contributed by atoms with Crippen LogP contribution in [0.15, 0.2) is 18.2 Å². The van der Waals surface area contributed by atoms with Crippen molar-refractivity contribution in [2.45, 2.75) is 13.8 Å². The summed E-state index contributed by atoms with van der Waals surface area (Å²) in [7, 11) is 0. The van der Waals surface area contributed by atoms with Gasteiger partial charge in [0.15, 0.2) is 0 Å². The van der Waals surface area contributed by atoms with Gasteiger partial charge in [0.05, 0.1) is 0 Å². The number of hydrogen-bond donors (Lipinski definition) is 3. The summed E-state index contributed by atoms with van der Waals surface area (Å²) in [6, 6.07) is 3.93. The Morgan fingerprint density at radius 1 is 1.37 bits per heavy atom. The lowest BCUT2D eigenvalue weighted by Gasteiger charge is -2.11. The molecule has 0 radical (unpaired) electrons. The van der Waals surface area contributed by atoms with Crippen LogP contribution in [0.25, 0.3) is 0 Å². The lowest BCUT2D eigenvalue weighted by Crippen LogP contribution is -2.38. The number of aliphatic hydroxyl groups excluding tert-OH is 1. The molecular formula is C13H17FN2O3. The zero-order valence-corrected chi connectivity index (χ0v) is 10.9. The Labute approximate surface area is 110 Å². The van der Waals surface area contributed by atoms with Crippen LogP contribution >= 0.6 is 0 Å². The molecule has 0 aliphatic carbocycles. The van der Waals surface area contributed by atoms with Gasteiger partial charge in [0.2, 0.25) is 0 Å². The van der Waals surface area contributed by atoms with E-state index in [-0.39, 0.29) is 24.8 Å². The second-order valence-corrected chi connectivity index (χ2v) is 4.41. The van der Waals surface area contributed by atoms with Gasteiger partial charge in [-0.25, -0.2) is 4.39 Å². The highest BCUT2D eigenvalue weighted by molar-refractivity contribution is 6.39. The first kappa shape index (κ1) is 15.1. The molecule has 19 heavy (non-hydrogen) atoms. The summed E-state index contributed by atoms with van der Waals surface area (Å²) in [5.41, 5.74) is 0.918. The van der Waals surface area contributed by atoms with Crippen LogP contribution in [0.2, 0.25) is 0 Å². The SMILES string of the molecule is Cc1ccc(F)cc1NC(=O)C(=O)NCC(C)CO. The van der Waals surface area contributed by atoms with Gasteiger partial charge in [0.1, 0.15) is 5.82 Å². The van der Waals surface area contributed by atoms with Crippen molar-refractivity contribution in [2.75, 3.05) is 18.5 Å². The molecular weight excluding hydrogens is 251 g/mol. The number of carbonyl (C=O) groups is 2. The van der Waals surface area contributed by atoms with E-state index in [1.54, 1.807) is 13.8 Å². The topological polar surface area (TPSA) is 78.4 Å². The maximum absolute atomic E-state index is 13.0. The molecule has 0 spiro atoms. The molecule has 3 N–H and O–H groups in total. The van der Waals surface area contributed by atoms with Crippen molar-refractivity contribution in [1.82, 2.24) is 5.32 Å². The normalized spacial score (nSPS) is 11.8. The number of benzene rings is 1. The fourth-order valence-corrected chi connectivity index (χ4v) is 1.32. The van der Waals surface area contributed by atoms with Crippen molar-refractivity contribution >= 4 is 17.5 Å². The average molecular weight is 268 g/mol. The lowest BCUT2D eigenvalue weighted by atomic mass is 10.2. The molecule has 1 atom stereocenters. The van der Waals surface area contributed by atoms with Gasteiger partial charge in [0.25, 0.3) is 0 Å². The van der Waals surface area contributed by atoms with Gasteiger partial charge >= 0.3 is 11.8 Å². The first-order chi connectivity index (χ1) is 8.93. The average Bonchev–Trinajstić information content (AvgIpc) is 2.39. The number of halogens is 1. The van der Waals surface area contributed by atoms with E-state index in [4.69, 9.17) is 5.11 Å². The van der Waals surface area contributed by atoms with Gasteiger partial charge in [-0.3, -0.25) is 9.59 Å². The minimum Gasteiger partial charge on any atom is -0.396 e. The highest BCUT2D eigenvalue weighted by Crippen LogP contribution is 2.15. The Morgan fingerprint density at radius 3 is 2.68 bits per heavy atom. The summed E-state index contributed by atoms with van der Waals surface area (Å²) in [5.74, 6) is -2.30. The Hall–Kier alpha value is -1.95. The van der Waals surface area contributed by atoms with Crippen molar-refractivity contribution in [3.63, 3.8) is 0 Å². The van der Waals surface area contributed by atoms with Gasteiger partial charge in [-0.15, -0.1) is 0 Å². The van der Waals surface area contributed by atoms with Gasteiger partial charge in [-0.2, -0.15) is 0 Å². The number of nitrogens with one attached hydrogen (secondary N) is 2. The summed E-state index contributed by atoms with van der Waals surface area (Å²) >= 11 is 0. The van der Waals surface area contributed by atoms with Crippen molar-refractivity contribution in [3.05, 3.63) is 29.6 Å². The van der Waals surface area contributed by atoms with E-state index in [2.05, 4.69) is 10.6 Å². The first-order valence-electron chi connectivity index (χ1n) is 5.90. The molecule has 0 aromatic heterocycles. The molecule has 1 aromatic carbocycles. The molecule has 0 saturated heterocycles. The minimum absolute atomic E-state index is 0.0785. The first-order valence-corrected chi connectivity index (χ1v) is 5.90. The predicted molar refractivity (Wildman–Crippen MR) is 69.0 cm³/mol. The number of hydrogen-bond acceptors (Lipinski definition) is 3. The summed E-state index contributed by atoms with van der Waals surface area (Å²) < 4.78 is 13.0. The van der Waals surface area contributed by atoms with E-state index >= 15 is 0 Å². The van der Waals surface area contributed by atoms with Gasteiger partial charge in [0, 0.05) is 18.8 Å². The monoisotopic (exact) mass is 268 g/mol. The summed E-state index contributed by atoms with van der Waals surface area (Å²) in [6.07, 6.45) is 0. The van der Waals surface area contributed by atoms with E-state index in [9.17, 15) is 14.0 Å². The standard InChI is InChI=1S/C13H17FN2O3/c1-8(7-17)6-15-12(18)13(19)16-11-5-10(14)4-3-9(11)2/h3-5,8,17H,6-7H2,1-2H3,(H,15,18)(H,16,19). The van der Waals surface area contributed by atoms with E-state index in [1.807, 2.05) is 0 Å². The molecule has 5 nitrogen and oxygen atoms in total. The van der Waals surface area contributed by atoms with Gasteiger partial charge < -0.3 is 15.7 Å². The van der Waals surface area contributed by atoms with E-state index < -0.39 is 17.6 Å². The predicted octanol–water partition coefficient (Wildman–Crippen LogP) is 0.817. The van der Waals surface area contributed by atoms with Crippen LogP contribution in [-0.4, -0.2) is 30.1 Å². The third-order valence-electron chi connectivity index (χ3n) is 2.58. The number of carbonyl (C=O) groups excluding carboxylic acids is 2. The van der Waals surface area contributed by atoms with Crippen LogP contribution in [0, 0.1) is 18.7 Å². The molecule has 104 valence electrons. The van der Waals surface area contributed by atoms with Crippen LogP contribution < -0.4 is 10.6 Å². The van der Waals surface area contributed by atoms with E-state index in [0.717, 1.165) is 6.07 Å². The number of amides is 2. The molecule has 0 bridgehead atoms. The van der Waals surface area contributed by atoms with Crippen molar-refractivity contribution in [3.8, 4) is 0 Å². The number of aryl methyl sites for hydroxylation is 1. The number of aliphatic hydroxyl groups is 1. The van der Waals surface area contributed by atoms with Crippen LogP contribution in [0.3, 0.4) is 0 Å². The smallest absolute Gasteiger partial charge is 0.313 e. The van der Waals surface area contributed by atoms with Crippen molar-refractivity contribution < 1.29 is 19.1 Å². The second kappa shape index (κ2) is 6.84. The van der Waals surface area contributed by atoms with Crippen molar-refractivity contribution in [2.24, 2.45) is 5.92 Å². The number of rotatable bonds is 4. The Kier molecular flexibility index (Phi) is 5.44. The molecule has 0 aliphatic heterocycles. The quantitative estimate of drug-likeness (QED) is 0.707. The Bertz CT molecular complexity index is 477. The summed E-state index contributed by atoms with van der Waals surface area (Å²) in [6.45, 7) is 3.55. The van der Waals surface area contributed by atoms with Gasteiger partial charge in [-0.05, 0) is 30.5 Å². The zero-order chi connectivity index (χ0) is 14.4. The summed E-state index contributed by atoms with van der Waals surface area (Å²) in [5, 5.41) is 13.5. The van der Waals surface area contributed by atoms with Crippen LogP contribution in [0.4, 0.5) is 10.1 Å². The van der Waals surface area contributed by atoms with E-state index in [1.165, 1.54) is 12.1 Å². The fourth-order valence-electron chi connectivity index (χ4n) is 1.32. The molecule has 6 heteroatoms. The molecule has 1 aromatic rings. The zero-order valence-electron chi connectivity index (χ0n) is 10.9. The third-order valence-corrected chi connectivity index (χ3v) is 2.58. The fraction of sp³-hybridized carbons (Fsp3) is 0.385. The molecule has 0 saturated carbocycles. The third kappa shape index (κ3) is 4.67. The Balaban J connectivity index is 2.59. The van der Waals surface area contributed by atoms with Crippen molar-refractivity contribution in [1.29, 1.82) is 0 Å². The van der Waals surface area contributed by atoms with Crippen LogP contribution in [-0.2, 0) is 9.59 Å². The molecule has 0 heterocycles. The largest absolute Gasteiger partial charge is 0.396 e. The van der Waals surface area contributed by atoms with Gasteiger partial charge in [-0.1, -0.05) is 13.0 Å². The lowest BCUT2D eigenvalue weighted by molar-refractivity contribution is -0.136. The summed E-state index contributed by atoms with van der Waals surface area (Å²) in [4.78, 5) is 23.0. The van der Waals surface area contributed by atoms with Crippen LogP contribution in [0.1, 0.15) is 12.5 Å². The maximum Gasteiger partial charge on any atom is 0.313 e. The van der Waals surface area contributed by atoms with E-state index in [0.29, 0.717) is 5.56 Å². The highest BCUT2D eigenvalue weighted by Gasteiger charge is 2.15. The highest BCUT2D eigenvalue weighted by atomic mass is 19.1.